The first kappa shape index (κ1) is 11.0. The van der Waals surface area contributed by atoms with Crippen molar-refractivity contribution in [3.05, 3.63) is 30.1 Å². The van der Waals surface area contributed by atoms with Crippen molar-refractivity contribution in [3.63, 3.8) is 0 Å². The Morgan fingerprint density at radius 3 is 2.69 bits per heavy atom. The van der Waals surface area contributed by atoms with Gasteiger partial charge in [0, 0.05) is 23.6 Å². The van der Waals surface area contributed by atoms with Gasteiger partial charge in [0.05, 0.1) is 5.69 Å². The number of anilines is 1. The molecule has 3 nitrogen and oxygen atoms in total. The van der Waals surface area contributed by atoms with Gasteiger partial charge >= 0.3 is 0 Å². The van der Waals surface area contributed by atoms with E-state index in [-0.39, 0.29) is 5.82 Å². The number of nitrogens with two attached hydrogens (primary N) is 1. The van der Waals surface area contributed by atoms with Crippen LogP contribution in [0.15, 0.2) is 29.2 Å². The van der Waals surface area contributed by atoms with Crippen LogP contribution < -0.4 is 5.73 Å². The van der Waals surface area contributed by atoms with Crippen LogP contribution in [0, 0.1) is 5.82 Å². The van der Waals surface area contributed by atoms with Crippen LogP contribution in [0.25, 0.3) is 11.3 Å². The molecule has 1 aromatic carbocycles. The van der Waals surface area contributed by atoms with Crippen LogP contribution in [0.2, 0.25) is 0 Å². The van der Waals surface area contributed by atoms with Gasteiger partial charge < -0.3 is 5.73 Å². The third kappa shape index (κ3) is 1.90. The van der Waals surface area contributed by atoms with Crippen LogP contribution in [0.3, 0.4) is 0 Å². The third-order valence-corrected chi connectivity index (χ3v) is 3.12. The predicted molar refractivity (Wildman–Crippen MR) is 64.8 cm³/mol. The van der Waals surface area contributed by atoms with Crippen LogP contribution in [-0.2, 0) is 7.05 Å². The minimum atomic E-state index is -0.208. The topological polar surface area (TPSA) is 43.8 Å². The van der Waals surface area contributed by atoms with Gasteiger partial charge in [0.1, 0.15) is 11.6 Å². The van der Waals surface area contributed by atoms with Gasteiger partial charge in [-0.25, -0.2) is 4.39 Å². The van der Waals surface area contributed by atoms with Crippen molar-refractivity contribution < 1.29 is 4.39 Å². The van der Waals surface area contributed by atoms with Crippen LogP contribution in [0.4, 0.5) is 10.2 Å². The standard InChI is InChI=1S/C11H12FN3S/c1-15-11(13)6-9(14-15)7-3-4-8(12)10(5-7)16-2/h3-6H,13H2,1-2H3. The number of benzene rings is 1. The highest BCUT2D eigenvalue weighted by Crippen LogP contribution is 2.26. The predicted octanol–water partition coefficient (Wildman–Crippen LogP) is 2.53. The zero-order valence-electron chi connectivity index (χ0n) is 9.07. The van der Waals surface area contributed by atoms with Crippen molar-refractivity contribution in [2.24, 2.45) is 7.05 Å². The molecule has 0 fully saturated rings. The maximum atomic E-state index is 13.3. The van der Waals surface area contributed by atoms with E-state index in [2.05, 4.69) is 5.10 Å². The lowest BCUT2D eigenvalue weighted by Gasteiger charge is -2.01. The number of rotatable bonds is 2. The number of hydrogen-bond donors (Lipinski definition) is 1. The summed E-state index contributed by atoms with van der Waals surface area (Å²) in [4.78, 5) is 0.613. The molecule has 2 aromatic rings. The Kier molecular flexibility index (Phi) is 2.87. The van der Waals surface area contributed by atoms with Crippen molar-refractivity contribution >= 4 is 17.6 Å². The van der Waals surface area contributed by atoms with E-state index in [1.165, 1.54) is 17.8 Å². The van der Waals surface area contributed by atoms with E-state index in [0.717, 1.165) is 11.3 Å². The fraction of sp³-hybridized carbons (Fsp3) is 0.182. The fourth-order valence-corrected chi connectivity index (χ4v) is 1.95. The molecule has 0 radical (unpaired) electrons. The second-order valence-electron chi connectivity index (χ2n) is 3.43. The number of aromatic nitrogens is 2. The molecule has 0 saturated carbocycles. The van der Waals surface area contributed by atoms with Crippen molar-refractivity contribution in [1.29, 1.82) is 0 Å². The summed E-state index contributed by atoms with van der Waals surface area (Å²) in [7, 11) is 1.78. The highest BCUT2D eigenvalue weighted by atomic mass is 32.2. The molecule has 0 atom stereocenters. The summed E-state index contributed by atoms with van der Waals surface area (Å²) in [5.74, 6) is 0.380. The minimum Gasteiger partial charge on any atom is -0.384 e. The van der Waals surface area contributed by atoms with E-state index in [4.69, 9.17) is 5.73 Å². The SMILES string of the molecule is CSc1cc(-c2cc(N)n(C)n2)ccc1F. The quantitative estimate of drug-likeness (QED) is 0.816. The molecule has 0 aliphatic carbocycles. The van der Waals surface area contributed by atoms with Crippen molar-refractivity contribution in [3.8, 4) is 11.3 Å². The molecule has 0 bridgehead atoms. The molecule has 84 valence electrons. The molecule has 0 spiro atoms. The highest BCUT2D eigenvalue weighted by molar-refractivity contribution is 7.98. The summed E-state index contributed by atoms with van der Waals surface area (Å²) in [5.41, 5.74) is 7.33. The number of nitrogen functional groups attached to an aromatic ring is 1. The smallest absolute Gasteiger partial charge is 0.136 e. The molecule has 16 heavy (non-hydrogen) atoms. The van der Waals surface area contributed by atoms with E-state index in [9.17, 15) is 4.39 Å². The highest BCUT2D eigenvalue weighted by Gasteiger charge is 2.08. The van der Waals surface area contributed by atoms with Crippen LogP contribution in [0.1, 0.15) is 0 Å². The number of nitrogens with zero attached hydrogens (tertiary/aromatic N) is 2. The molecule has 2 rings (SSSR count). The van der Waals surface area contributed by atoms with Gasteiger partial charge in [-0.2, -0.15) is 5.10 Å². The Bertz CT molecular complexity index is 502. The van der Waals surface area contributed by atoms with Crippen LogP contribution >= 0.6 is 11.8 Å². The lowest BCUT2D eigenvalue weighted by Crippen LogP contribution is -1.96. The Hall–Kier alpha value is -1.49. The summed E-state index contributed by atoms with van der Waals surface area (Å²) in [6.07, 6.45) is 1.84. The van der Waals surface area contributed by atoms with Crippen LogP contribution in [0.5, 0.6) is 0 Å². The van der Waals surface area contributed by atoms with Gasteiger partial charge in [-0.3, -0.25) is 4.68 Å². The molecule has 2 N–H and O–H groups in total. The summed E-state index contributed by atoms with van der Waals surface area (Å²) < 4.78 is 14.9. The third-order valence-electron chi connectivity index (χ3n) is 2.36. The summed E-state index contributed by atoms with van der Waals surface area (Å²) in [5, 5.41) is 4.25. The number of halogens is 1. The zero-order valence-corrected chi connectivity index (χ0v) is 9.88. The second-order valence-corrected chi connectivity index (χ2v) is 4.28. The van der Waals surface area contributed by atoms with Gasteiger partial charge in [0.2, 0.25) is 0 Å². The first-order chi connectivity index (χ1) is 7.61. The lowest BCUT2D eigenvalue weighted by molar-refractivity contribution is 0.602. The summed E-state index contributed by atoms with van der Waals surface area (Å²) in [6.45, 7) is 0. The Morgan fingerprint density at radius 1 is 1.38 bits per heavy atom. The molecular weight excluding hydrogens is 225 g/mol. The van der Waals surface area contributed by atoms with E-state index in [1.807, 2.05) is 6.26 Å². The maximum Gasteiger partial charge on any atom is 0.136 e. The van der Waals surface area contributed by atoms with Gasteiger partial charge in [-0.1, -0.05) is 0 Å². The Balaban J connectivity index is 2.48. The minimum absolute atomic E-state index is 0.208. The van der Waals surface area contributed by atoms with Crippen LogP contribution in [-0.4, -0.2) is 16.0 Å². The van der Waals surface area contributed by atoms with E-state index < -0.39 is 0 Å². The van der Waals surface area contributed by atoms with Gasteiger partial charge in [-0.15, -0.1) is 11.8 Å². The number of aryl methyl sites for hydroxylation is 1. The molecule has 0 saturated heterocycles. The monoisotopic (exact) mass is 237 g/mol. The molecule has 5 heteroatoms. The van der Waals surface area contributed by atoms with Crippen molar-refractivity contribution in [2.45, 2.75) is 4.90 Å². The molecular formula is C11H12FN3S. The van der Waals surface area contributed by atoms with Crippen molar-refractivity contribution in [1.82, 2.24) is 9.78 Å². The molecule has 0 amide bonds. The van der Waals surface area contributed by atoms with E-state index in [1.54, 1.807) is 29.9 Å². The average molecular weight is 237 g/mol. The maximum absolute atomic E-state index is 13.3. The second kappa shape index (κ2) is 4.17. The Morgan fingerprint density at radius 2 is 2.12 bits per heavy atom. The largest absolute Gasteiger partial charge is 0.384 e. The fourth-order valence-electron chi connectivity index (χ4n) is 1.44. The van der Waals surface area contributed by atoms with Gasteiger partial charge in [-0.05, 0) is 24.5 Å². The Labute approximate surface area is 97.5 Å². The molecule has 1 aromatic heterocycles. The lowest BCUT2D eigenvalue weighted by atomic mass is 10.1. The summed E-state index contributed by atoms with van der Waals surface area (Å²) in [6, 6.07) is 6.71. The molecule has 0 aliphatic rings. The zero-order chi connectivity index (χ0) is 11.7. The van der Waals surface area contributed by atoms with Gasteiger partial charge in [0.25, 0.3) is 0 Å². The molecule has 1 heterocycles. The number of thioether (sulfide) groups is 1. The molecule has 0 unspecified atom stereocenters. The normalized spacial score (nSPS) is 10.7. The summed E-state index contributed by atoms with van der Waals surface area (Å²) >= 11 is 1.37. The average Bonchev–Trinajstić information content (AvgIpc) is 2.60. The first-order valence-corrected chi connectivity index (χ1v) is 5.97. The first-order valence-electron chi connectivity index (χ1n) is 4.75. The van der Waals surface area contributed by atoms with Crippen molar-refractivity contribution in [2.75, 3.05) is 12.0 Å². The molecule has 0 aliphatic heterocycles. The van der Waals surface area contributed by atoms with Gasteiger partial charge in [0.15, 0.2) is 0 Å². The number of hydrogen-bond acceptors (Lipinski definition) is 3. The van der Waals surface area contributed by atoms with E-state index >= 15 is 0 Å². The van der Waals surface area contributed by atoms with E-state index in [0.29, 0.717) is 10.7 Å².